The molecule has 2 saturated heterocycles. The smallest absolute Gasteiger partial charge is 0.410 e. The van der Waals surface area contributed by atoms with Crippen LogP contribution in [0.1, 0.15) is 54.4 Å². The molecule has 2 fully saturated rings. The van der Waals surface area contributed by atoms with Crippen molar-refractivity contribution in [2.75, 3.05) is 39.3 Å². The number of piperazine rings is 1. The highest BCUT2D eigenvalue weighted by Crippen LogP contribution is 2.27. The van der Waals surface area contributed by atoms with Gasteiger partial charge in [-0.2, -0.15) is 0 Å². The number of rotatable bonds is 2. The predicted octanol–water partition coefficient (Wildman–Crippen LogP) is 1.71. The van der Waals surface area contributed by atoms with Crippen LogP contribution in [0.4, 0.5) is 9.59 Å². The molecule has 0 aromatic carbocycles. The SMILES string of the molecule is CC(C)(C)OC(=O)NC1(C(=O)N2CCNCC2)CCN(C(=O)OC(C)(C)C)CC1. The van der Waals surface area contributed by atoms with Gasteiger partial charge in [-0.1, -0.05) is 0 Å². The number of piperidine rings is 1. The van der Waals surface area contributed by atoms with Crippen LogP contribution in [0.2, 0.25) is 0 Å². The summed E-state index contributed by atoms with van der Waals surface area (Å²) >= 11 is 0. The molecule has 2 aliphatic heterocycles. The number of carbonyl (C=O) groups is 3. The highest BCUT2D eigenvalue weighted by Gasteiger charge is 2.47. The summed E-state index contributed by atoms with van der Waals surface area (Å²) in [6, 6.07) is 0. The number of likely N-dealkylation sites (tertiary alicyclic amines) is 1. The Morgan fingerprint density at radius 3 is 1.83 bits per heavy atom. The van der Waals surface area contributed by atoms with Gasteiger partial charge >= 0.3 is 12.2 Å². The van der Waals surface area contributed by atoms with E-state index in [4.69, 9.17) is 9.47 Å². The van der Waals surface area contributed by atoms with Gasteiger partial charge < -0.3 is 29.9 Å². The quantitative estimate of drug-likeness (QED) is 0.716. The van der Waals surface area contributed by atoms with Crippen LogP contribution in [-0.4, -0.2) is 83.9 Å². The molecule has 0 bridgehead atoms. The van der Waals surface area contributed by atoms with Crippen LogP contribution < -0.4 is 10.6 Å². The van der Waals surface area contributed by atoms with Gasteiger partial charge in [0.2, 0.25) is 5.91 Å². The minimum absolute atomic E-state index is 0.117. The Morgan fingerprint density at radius 1 is 0.828 bits per heavy atom. The summed E-state index contributed by atoms with van der Waals surface area (Å²) in [5.74, 6) is -0.117. The molecule has 0 spiro atoms. The third-order valence-corrected chi connectivity index (χ3v) is 4.82. The highest BCUT2D eigenvalue weighted by atomic mass is 16.6. The van der Waals surface area contributed by atoms with Gasteiger partial charge in [0.05, 0.1) is 0 Å². The van der Waals surface area contributed by atoms with Crippen molar-refractivity contribution >= 4 is 18.1 Å². The van der Waals surface area contributed by atoms with Gasteiger partial charge in [-0.3, -0.25) is 4.79 Å². The molecule has 0 unspecified atom stereocenters. The van der Waals surface area contributed by atoms with E-state index in [1.165, 1.54) is 0 Å². The zero-order chi connectivity index (χ0) is 21.9. The van der Waals surface area contributed by atoms with Gasteiger partial charge in [-0.05, 0) is 54.4 Å². The minimum Gasteiger partial charge on any atom is -0.444 e. The van der Waals surface area contributed by atoms with E-state index in [9.17, 15) is 14.4 Å². The lowest BCUT2D eigenvalue weighted by atomic mass is 9.85. The Kier molecular flexibility index (Phi) is 7.03. The van der Waals surface area contributed by atoms with Crippen LogP contribution in [-0.2, 0) is 14.3 Å². The number of hydrogen-bond acceptors (Lipinski definition) is 6. The standard InChI is InChI=1S/C20H36N4O5/c1-18(2,3)28-16(26)22-20(15(25)23-13-9-21-10-14-23)7-11-24(12-8-20)17(27)29-19(4,5)6/h21H,7-14H2,1-6H3,(H,22,26). The number of alkyl carbamates (subject to hydrolysis) is 1. The van der Waals surface area contributed by atoms with Gasteiger partial charge in [-0.25, -0.2) is 9.59 Å². The average Bonchev–Trinajstić information content (AvgIpc) is 2.59. The van der Waals surface area contributed by atoms with Crippen molar-refractivity contribution in [3.8, 4) is 0 Å². The second-order valence-electron chi connectivity index (χ2n) is 9.72. The van der Waals surface area contributed by atoms with Gasteiger partial charge in [-0.15, -0.1) is 0 Å². The average molecular weight is 413 g/mol. The van der Waals surface area contributed by atoms with E-state index in [1.807, 2.05) is 20.8 Å². The van der Waals surface area contributed by atoms with Gasteiger partial charge in [0.15, 0.2) is 0 Å². The zero-order valence-electron chi connectivity index (χ0n) is 18.6. The molecule has 2 rings (SSSR count). The molecule has 29 heavy (non-hydrogen) atoms. The van der Waals surface area contributed by atoms with Crippen molar-refractivity contribution in [2.24, 2.45) is 0 Å². The van der Waals surface area contributed by atoms with Crippen molar-refractivity contribution in [1.29, 1.82) is 0 Å². The number of amides is 3. The first-order chi connectivity index (χ1) is 13.3. The molecule has 0 aliphatic carbocycles. The third-order valence-electron chi connectivity index (χ3n) is 4.82. The van der Waals surface area contributed by atoms with Crippen LogP contribution in [0.15, 0.2) is 0 Å². The Morgan fingerprint density at radius 2 is 1.34 bits per heavy atom. The second kappa shape index (κ2) is 8.77. The predicted molar refractivity (Wildman–Crippen MR) is 109 cm³/mol. The Balaban J connectivity index is 2.13. The lowest BCUT2D eigenvalue weighted by Crippen LogP contribution is -2.66. The van der Waals surface area contributed by atoms with Crippen LogP contribution in [0.3, 0.4) is 0 Å². The van der Waals surface area contributed by atoms with Crippen LogP contribution in [0.25, 0.3) is 0 Å². The number of nitrogens with one attached hydrogen (secondary N) is 2. The molecule has 3 amide bonds. The Labute approximate surface area is 173 Å². The second-order valence-corrected chi connectivity index (χ2v) is 9.72. The lowest BCUT2D eigenvalue weighted by Gasteiger charge is -2.44. The zero-order valence-corrected chi connectivity index (χ0v) is 18.6. The van der Waals surface area contributed by atoms with Crippen molar-refractivity contribution < 1.29 is 23.9 Å². The molecule has 0 saturated carbocycles. The Hall–Kier alpha value is -2.03. The topological polar surface area (TPSA) is 100 Å². The number of ether oxygens (including phenoxy) is 2. The fraction of sp³-hybridized carbons (Fsp3) is 0.850. The largest absolute Gasteiger partial charge is 0.444 e. The van der Waals surface area contributed by atoms with Gasteiger partial charge in [0.1, 0.15) is 16.7 Å². The maximum absolute atomic E-state index is 13.4. The molecule has 2 aliphatic rings. The summed E-state index contributed by atoms with van der Waals surface area (Å²) in [4.78, 5) is 41.6. The van der Waals surface area contributed by atoms with E-state index in [0.717, 1.165) is 13.1 Å². The molecule has 166 valence electrons. The molecular formula is C20H36N4O5. The molecule has 9 heteroatoms. The molecule has 0 atom stereocenters. The minimum atomic E-state index is -1.09. The normalized spacial score (nSPS) is 20.1. The van der Waals surface area contributed by atoms with Crippen molar-refractivity contribution in [3.05, 3.63) is 0 Å². The molecule has 2 heterocycles. The van der Waals surface area contributed by atoms with E-state index in [1.54, 1.807) is 30.6 Å². The van der Waals surface area contributed by atoms with Crippen molar-refractivity contribution in [3.63, 3.8) is 0 Å². The summed E-state index contributed by atoms with van der Waals surface area (Å²) < 4.78 is 10.8. The highest BCUT2D eigenvalue weighted by molar-refractivity contribution is 5.90. The number of carbonyl (C=O) groups excluding carboxylic acids is 3. The first-order valence-electron chi connectivity index (χ1n) is 10.3. The van der Waals surface area contributed by atoms with Gasteiger partial charge in [0, 0.05) is 39.3 Å². The monoisotopic (exact) mass is 412 g/mol. The number of hydrogen-bond donors (Lipinski definition) is 2. The van der Waals surface area contributed by atoms with Crippen molar-refractivity contribution in [1.82, 2.24) is 20.4 Å². The van der Waals surface area contributed by atoms with Crippen LogP contribution in [0, 0.1) is 0 Å². The van der Waals surface area contributed by atoms with E-state index < -0.39 is 28.9 Å². The lowest BCUT2D eigenvalue weighted by molar-refractivity contribution is -0.141. The summed E-state index contributed by atoms with van der Waals surface area (Å²) in [6.45, 7) is 14.1. The van der Waals surface area contributed by atoms with Gasteiger partial charge in [0.25, 0.3) is 0 Å². The van der Waals surface area contributed by atoms with E-state index >= 15 is 0 Å². The van der Waals surface area contributed by atoms with E-state index in [2.05, 4.69) is 10.6 Å². The summed E-state index contributed by atoms with van der Waals surface area (Å²) in [7, 11) is 0. The summed E-state index contributed by atoms with van der Waals surface area (Å²) in [5, 5.41) is 6.07. The molecular weight excluding hydrogens is 376 g/mol. The van der Waals surface area contributed by atoms with Crippen LogP contribution in [0.5, 0.6) is 0 Å². The first-order valence-corrected chi connectivity index (χ1v) is 10.3. The fourth-order valence-electron chi connectivity index (χ4n) is 3.46. The van der Waals surface area contributed by atoms with E-state index in [0.29, 0.717) is 39.0 Å². The Bertz CT molecular complexity index is 609. The number of nitrogens with zero attached hydrogens (tertiary/aromatic N) is 2. The molecule has 9 nitrogen and oxygen atoms in total. The van der Waals surface area contributed by atoms with Crippen LogP contribution >= 0.6 is 0 Å². The summed E-state index contributed by atoms with van der Waals surface area (Å²) in [5.41, 5.74) is -2.34. The molecule has 2 N–H and O–H groups in total. The molecule has 0 radical (unpaired) electrons. The molecule has 0 aromatic heterocycles. The summed E-state index contributed by atoms with van der Waals surface area (Å²) in [6.07, 6.45) is -0.396. The fourth-order valence-corrected chi connectivity index (χ4v) is 3.46. The third kappa shape index (κ3) is 6.76. The van der Waals surface area contributed by atoms with E-state index in [-0.39, 0.29) is 5.91 Å². The molecule has 0 aromatic rings. The maximum Gasteiger partial charge on any atom is 0.410 e. The first kappa shape index (κ1) is 23.3. The maximum atomic E-state index is 13.4. The van der Waals surface area contributed by atoms with Crippen molar-refractivity contribution in [2.45, 2.75) is 71.1 Å².